The lowest BCUT2D eigenvalue weighted by Gasteiger charge is -2.28. The minimum absolute atomic E-state index is 0.234. The van der Waals surface area contributed by atoms with Gasteiger partial charge in [-0.25, -0.2) is 0 Å². The maximum Gasteiger partial charge on any atom is 0.0843 e. The van der Waals surface area contributed by atoms with Crippen LogP contribution < -0.4 is 0 Å². The Labute approximate surface area is 102 Å². The molecule has 1 N–H and O–H groups in total. The lowest BCUT2D eigenvalue weighted by molar-refractivity contribution is -0.0206. The third kappa shape index (κ3) is 2.13. The quantitative estimate of drug-likeness (QED) is 0.862. The summed E-state index contributed by atoms with van der Waals surface area (Å²) in [6.45, 7) is 5.45. The molecule has 0 aliphatic carbocycles. The first-order valence-corrected chi connectivity index (χ1v) is 6.73. The van der Waals surface area contributed by atoms with Crippen molar-refractivity contribution in [2.45, 2.75) is 32.3 Å². The van der Waals surface area contributed by atoms with Crippen LogP contribution in [0.15, 0.2) is 4.47 Å². The SMILES string of the molecule is Cc1sc(C)c([C@H]2CCOC[C@@H]2O)c1Br. The molecule has 2 rings (SSSR count). The smallest absolute Gasteiger partial charge is 0.0843 e. The molecule has 15 heavy (non-hydrogen) atoms. The molecule has 1 aliphatic heterocycles. The molecular weight excluding hydrogens is 276 g/mol. The summed E-state index contributed by atoms with van der Waals surface area (Å²) in [6, 6.07) is 0. The van der Waals surface area contributed by atoms with Crippen molar-refractivity contribution in [1.29, 1.82) is 0 Å². The Hall–Kier alpha value is 0.100. The first-order valence-electron chi connectivity index (χ1n) is 5.12. The second-order valence-corrected chi connectivity index (χ2v) is 6.20. The Morgan fingerprint density at radius 3 is 2.67 bits per heavy atom. The number of aliphatic hydroxyl groups is 1. The van der Waals surface area contributed by atoms with Gasteiger partial charge in [-0.1, -0.05) is 0 Å². The zero-order valence-electron chi connectivity index (χ0n) is 8.92. The van der Waals surface area contributed by atoms with E-state index in [0.717, 1.165) is 13.0 Å². The van der Waals surface area contributed by atoms with Crippen LogP contribution in [0.4, 0.5) is 0 Å². The third-order valence-corrected chi connectivity index (χ3v) is 5.25. The van der Waals surface area contributed by atoms with E-state index in [-0.39, 0.29) is 12.0 Å². The Kier molecular flexibility index (Phi) is 3.50. The number of aliphatic hydroxyl groups excluding tert-OH is 1. The van der Waals surface area contributed by atoms with Gasteiger partial charge in [0.1, 0.15) is 0 Å². The minimum Gasteiger partial charge on any atom is -0.390 e. The van der Waals surface area contributed by atoms with E-state index in [1.165, 1.54) is 19.8 Å². The molecule has 4 heteroatoms. The maximum absolute atomic E-state index is 9.94. The lowest BCUT2D eigenvalue weighted by Crippen LogP contribution is -2.30. The van der Waals surface area contributed by atoms with E-state index >= 15 is 0 Å². The normalized spacial score (nSPS) is 26.9. The van der Waals surface area contributed by atoms with E-state index in [4.69, 9.17) is 4.74 Å². The van der Waals surface area contributed by atoms with E-state index in [2.05, 4.69) is 29.8 Å². The highest BCUT2D eigenvalue weighted by atomic mass is 79.9. The number of rotatable bonds is 1. The van der Waals surface area contributed by atoms with E-state index in [1.807, 2.05) is 0 Å². The van der Waals surface area contributed by atoms with Crippen molar-refractivity contribution in [2.75, 3.05) is 13.2 Å². The van der Waals surface area contributed by atoms with Crippen LogP contribution in [-0.4, -0.2) is 24.4 Å². The first-order chi connectivity index (χ1) is 7.11. The van der Waals surface area contributed by atoms with Gasteiger partial charge in [0.15, 0.2) is 0 Å². The Morgan fingerprint density at radius 2 is 2.13 bits per heavy atom. The molecule has 2 heterocycles. The zero-order valence-corrected chi connectivity index (χ0v) is 11.3. The molecule has 0 unspecified atom stereocenters. The van der Waals surface area contributed by atoms with Gasteiger partial charge in [0, 0.05) is 26.8 Å². The highest BCUT2D eigenvalue weighted by molar-refractivity contribution is 9.10. The molecule has 1 aliphatic rings. The van der Waals surface area contributed by atoms with Crippen LogP contribution in [0.3, 0.4) is 0 Å². The average Bonchev–Trinajstić information content (AvgIpc) is 2.43. The van der Waals surface area contributed by atoms with Gasteiger partial charge in [0.05, 0.1) is 12.7 Å². The van der Waals surface area contributed by atoms with Crippen molar-refractivity contribution in [2.24, 2.45) is 0 Å². The largest absolute Gasteiger partial charge is 0.390 e. The van der Waals surface area contributed by atoms with Gasteiger partial charge in [0.25, 0.3) is 0 Å². The van der Waals surface area contributed by atoms with Crippen molar-refractivity contribution in [3.63, 3.8) is 0 Å². The van der Waals surface area contributed by atoms with Crippen LogP contribution in [-0.2, 0) is 4.74 Å². The van der Waals surface area contributed by atoms with Crippen LogP contribution in [0.1, 0.15) is 27.7 Å². The molecule has 2 nitrogen and oxygen atoms in total. The maximum atomic E-state index is 9.94. The average molecular weight is 291 g/mol. The van der Waals surface area contributed by atoms with Gasteiger partial charge in [0.2, 0.25) is 0 Å². The number of aryl methyl sites for hydroxylation is 2. The standard InChI is InChI=1S/C11H15BrO2S/c1-6-10(11(12)7(2)15-6)8-3-4-14-5-9(8)13/h8-9,13H,3-5H2,1-2H3/t8-,9-/m0/s1. The van der Waals surface area contributed by atoms with Crippen LogP contribution in [0.25, 0.3) is 0 Å². The molecule has 0 aromatic carbocycles. The summed E-state index contributed by atoms with van der Waals surface area (Å²) in [5.74, 6) is 0.234. The topological polar surface area (TPSA) is 29.5 Å². The highest BCUT2D eigenvalue weighted by Crippen LogP contribution is 2.40. The molecule has 0 saturated carbocycles. The highest BCUT2D eigenvalue weighted by Gasteiger charge is 2.29. The molecule has 0 bridgehead atoms. The summed E-state index contributed by atoms with van der Waals surface area (Å²) in [7, 11) is 0. The predicted octanol–water partition coefficient (Wildman–Crippen LogP) is 2.99. The molecule has 1 aromatic rings. The molecule has 84 valence electrons. The van der Waals surface area contributed by atoms with Crippen LogP contribution in [0.2, 0.25) is 0 Å². The summed E-state index contributed by atoms with van der Waals surface area (Å²) in [5, 5.41) is 9.94. The van der Waals surface area contributed by atoms with Gasteiger partial charge in [-0.15, -0.1) is 11.3 Å². The van der Waals surface area contributed by atoms with Crippen molar-refractivity contribution in [3.8, 4) is 0 Å². The molecule has 0 spiro atoms. The number of hydrogen-bond donors (Lipinski definition) is 1. The van der Waals surface area contributed by atoms with Gasteiger partial charge in [-0.2, -0.15) is 0 Å². The van der Waals surface area contributed by atoms with Crippen LogP contribution in [0, 0.1) is 13.8 Å². The van der Waals surface area contributed by atoms with Gasteiger partial charge in [-0.05, 0) is 41.8 Å². The number of halogens is 1. The minimum atomic E-state index is -0.359. The first kappa shape index (κ1) is 11.6. The fraction of sp³-hybridized carbons (Fsp3) is 0.636. The molecule has 1 aromatic heterocycles. The molecule has 2 atom stereocenters. The number of ether oxygens (including phenoxy) is 1. The van der Waals surface area contributed by atoms with Crippen molar-refractivity contribution in [1.82, 2.24) is 0 Å². The van der Waals surface area contributed by atoms with Crippen molar-refractivity contribution >= 4 is 27.3 Å². The van der Waals surface area contributed by atoms with Crippen molar-refractivity contribution < 1.29 is 9.84 Å². The Balaban J connectivity index is 2.35. The third-order valence-electron chi connectivity index (χ3n) is 2.93. The summed E-state index contributed by atoms with van der Waals surface area (Å²) in [6.07, 6.45) is 0.555. The molecule has 0 amide bonds. The Morgan fingerprint density at radius 1 is 1.40 bits per heavy atom. The van der Waals surface area contributed by atoms with Crippen LogP contribution in [0.5, 0.6) is 0 Å². The molecule has 1 saturated heterocycles. The summed E-state index contributed by atoms with van der Waals surface area (Å²) in [4.78, 5) is 2.60. The number of thiophene rings is 1. The second-order valence-electron chi connectivity index (χ2n) is 3.98. The second kappa shape index (κ2) is 4.53. The van der Waals surface area contributed by atoms with Gasteiger partial charge >= 0.3 is 0 Å². The van der Waals surface area contributed by atoms with Gasteiger partial charge < -0.3 is 9.84 Å². The van der Waals surface area contributed by atoms with Crippen LogP contribution >= 0.6 is 27.3 Å². The van der Waals surface area contributed by atoms with Gasteiger partial charge in [-0.3, -0.25) is 0 Å². The van der Waals surface area contributed by atoms with E-state index in [0.29, 0.717) is 6.61 Å². The van der Waals surface area contributed by atoms with E-state index < -0.39 is 0 Å². The molecular formula is C11H15BrO2S. The monoisotopic (exact) mass is 290 g/mol. The molecule has 1 fully saturated rings. The zero-order chi connectivity index (χ0) is 11.0. The summed E-state index contributed by atoms with van der Waals surface area (Å²) < 4.78 is 6.43. The molecule has 0 radical (unpaired) electrons. The fourth-order valence-electron chi connectivity index (χ4n) is 2.16. The van der Waals surface area contributed by atoms with E-state index in [1.54, 1.807) is 11.3 Å². The number of hydrogen-bond acceptors (Lipinski definition) is 3. The summed E-state index contributed by atoms with van der Waals surface area (Å²) >= 11 is 5.42. The summed E-state index contributed by atoms with van der Waals surface area (Å²) in [5.41, 5.74) is 1.29. The lowest BCUT2D eigenvalue weighted by atomic mass is 9.89. The van der Waals surface area contributed by atoms with Crippen molar-refractivity contribution in [3.05, 3.63) is 19.8 Å². The fourth-order valence-corrected chi connectivity index (χ4v) is 4.14. The van der Waals surface area contributed by atoms with E-state index in [9.17, 15) is 5.11 Å². The Bertz CT molecular complexity index is 362. The predicted molar refractivity (Wildman–Crippen MR) is 65.7 cm³/mol.